The number of hydrogen-bond donors (Lipinski definition) is 2. The number of ether oxygens (including phenoxy) is 1. The van der Waals surface area contributed by atoms with E-state index in [1.54, 1.807) is 19.2 Å². The minimum atomic E-state index is -0.256. The molecule has 2 aromatic carbocycles. The normalized spacial score (nSPS) is 10.2. The highest BCUT2D eigenvalue weighted by Gasteiger charge is 2.10. The lowest BCUT2D eigenvalue weighted by Gasteiger charge is -2.12. The summed E-state index contributed by atoms with van der Waals surface area (Å²) < 4.78 is 5.07. The summed E-state index contributed by atoms with van der Waals surface area (Å²) in [5, 5.41) is 6.53. The highest BCUT2D eigenvalue weighted by atomic mass is 35.5. The summed E-state index contributed by atoms with van der Waals surface area (Å²) in [6, 6.07) is 10.2. The molecule has 1 amide bonds. The fraction of sp³-hybridized carbons (Fsp3) is 0.125. The maximum absolute atomic E-state index is 12.0. The molecule has 0 aliphatic rings. The minimum Gasteiger partial charge on any atom is -0.497 e. The van der Waals surface area contributed by atoms with Crippen LogP contribution < -0.4 is 15.4 Å². The Balaban J connectivity index is 1.94. The Hall–Kier alpha value is -1.53. The maximum atomic E-state index is 12.0. The number of halogens is 3. The number of anilines is 1. The average molecular weight is 404 g/mol. The van der Waals surface area contributed by atoms with E-state index in [1.807, 2.05) is 12.1 Å². The van der Waals surface area contributed by atoms with Gasteiger partial charge in [-0.15, -0.1) is 0 Å². The van der Waals surface area contributed by atoms with Gasteiger partial charge in [-0.25, -0.2) is 0 Å². The molecule has 0 spiro atoms. The minimum absolute atomic E-state index is 0.119. The second kappa shape index (κ2) is 8.53. The lowest BCUT2D eigenvalue weighted by atomic mass is 10.1. The van der Waals surface area contributed by atoms with Crippen LogP contribution in [0.3, 0.4) is 0 Å². The van der Waals surface area contributed by atoms with E-state index in [0.29, 0.717) is 20.8 Å². The molecule has 0 atom stereocenters. The van der Waals surface area contributed by atoms with Gasteiger partial charge in [0, 0.05) is 0 Å². The van der Waals surface area contributed by atoms with Gasteiger partial charge in [0.25, 0.3) is 0 Å². The molecular weight excluding hydrogens is 391 g/mol. The number of thiocarbonyl (C=S) groups is 1. The van der Waals surface area contributed by atoms with Crippen molar-refractivity contribution in [2.45, 2.75) is 6.42 Å². The number of nitrogens with one attached hydrogen (secondary N) is 2. The second-order valence-electron chi connectivity index (χ2n) is 4.77. The molecule has 2 aromatic rings. The van der Waals surface area contributed by atoms with E-state index in [9.17, 15) is 4.79 Å². The van der Waals surface area contributed by atoms with E-state index in [4.69, 9.17) is 51.8 Å². The van der Waals surface area contributed by atoms with E-state index >= 15 is 0 Å². The van der Waals surface area contributed by atoms with Crippen molar-refractivity contribution >= 4 is 63.7 Å². The van der Waals surface area contributed by atoms with Gasteiger partial charge in [0.2, 0.25) is 5.91 Å². The third-order valence-electron chi connectivity index (χ3n) is 3.03. The van der Waals surface area contributed by atoms with Crippen molar-refractivity contribution in [3.05, 3.63) is 57.0 Å². The summed E-state index contributed by atoms with van der Waals surface area (Å²) in [7, 11) is 1.58. The number of benzene rings is 2. The molecule has 24 heavy (non-hydrogen) atoms. The van der Waals surface area contributed by atoms with Crippen molar-refractivity contribution in [3.8, 4) is 5.75 Å². The molecule has 0 fully saturated rings. The molecule has 2 N–H and O–H groups in total. The summed E-state index contributed by atoms with van der Waals surface area (Å²) in [6.45, 7) is 0. The number of rotatable bonds is 4. The fourth-order valence-corrected chi connectivity index (χ4v) is 2.69. The third-order valence-corrected chi connectivity index (χ3v) is 4.27. The molecule has 0 aliphatic heterocycles. The zero-order chi connectivity index (χ0) is 17.7. The summed E-state index contributed by atoms with van der Waals surface area (Å²) in [4.78, 5) is 12.0. The number of carbonyl (C=O) groups is 1. The number of methoxy groups -OCH3 is 1. The Kier molecular flexibility index (Phi) is 6.69. The summed E-state index contributed by atoms with van der Waals surface area (Å²) in [6.07, 6.45) is 0.181. The van der Waals surface area contributed by atoms with E-state index in [-0.39, 0.29) is 17.4 Å². The Bertz CT molecular complexity index is 767. The third kappa shape index (κ3) is 5.24. The first-order chi connectivity index (χ1) is 11.4. The SMILES string of the molecule is COc1ccc(CC(=O)NC(=S)Nc2cc(Cl)c(Cl)cc2Cl)cc1. The molecule has 4 nitrogen and oxygen atoms in total. The number of carbonyl (C=O) groups excluding carboxylic acids is 1. The molecule has 8 heteroatoms. The van der Waals surface area contributed by atoms with Gasteiger partial charge in [0.15, 0.2) is 5.11 Å². The van der Waals surface area contributed by atoms with Crippen molar-refractivity contribution in [1.82, 2.24) is 5.32 Å². The number of hydrogen-bond acceptors (Lipinski definition) is 3. The van der Waals surface area contributed by atoms with E-state index in [0.717, 1.165) is 11.3 Å². The molecule has 0 aliphatic carbocycles. The smallest absolute Gasteiger partial charge is 0.230 e. The van der Waals surface area contributed by atoms with Gasteiger partial charge in [-0.3, -0.25) is 4.79 Å². The zero-order valence-electron chi connectivity index (χ0n) is 12.5. The maximum Gasteiger partial charge on any atom is 0.230 e. The predicted molar refractivity (Wildman–Crippen MR) is 103 cm³/mol. The molecule has 0 bridgehead atoms. The lowest BCUT2D eigenvalue weighted by Crippen LogP contribution is -2.35. The van der Waals surface area contributed by atoms with Crippen LogP contribution in [-0.4, -0.2) is 18.1 Å². The van der Waals surface area contributed by atoms with Gasteiger partial charge in [-0.2, -0.15) is 0 Å². The van der Waals surface area contributed by atoms with Gasteiger partial charge in [0.1, 0.15) is 5.75 Å². The Labute approximate surface area is 160 Å². The quantitative estimate of drug-likeness (QED) is 0.573. The van der Waals surface area contributed by atoms with Gasteiger partial charge in [0.05, 0.1) is 34.3 Å². The first-order valence-electron chi connectivity index (χ1n) is 6.77. The van der Waals surface area contributed by atoms with Gasteiger partial charge >= 0.3 is 0 Å². The van der Waals surface area contributed by atoms with Crippen LogP contribution in [0.25, 0.3) is 0 Å². The Morgan fingerprint density at radius 3 is 2.33 bits per heavy atom. The zero-order valence-corrected chi connectivity index (χ0v) is 15.6. The largest absolute Gasteiger partial charge is 0.497 e. The average Bonchev–Trinajstić information content (AvgIpc) is 2.53. The summed E-state index contributed by atoms with van der Waals surface area (Å²) in [5.41, 5.74) is 1.30. The van der Waals surface area contributed by atoms with Crippen LogP contribution >= 0.6 is 47.0 Å². The van der Waals surface area contributed by atoms with Crippen molar-refractivity contribution in [2.75, 3.05) is 12.4 Å². The van der Waals surface area contributed by atoms with Gasteiger partial charge in [-0.05, 0) is 42.0 Å². The fourth-order valence-electron chi connectivity index (χ4n) is 1.87. The van der Waals surface area contributed by atoms with E-state index in [1.165, 1.54) is 12.1 Å². The van der Waals surface area contributed by atoms with Crippen molar-refractivity contribution in [2.24, 2.45) is 0 Å². The van der Waals surface area contributed by atoms with E-state index < -0.39 is 0 Å². The van der Waals surface area contributed by atoms with Gasteiger partial charge < -0.3 is 15.4 Å². The van der Waals surface area contributed by atoms with Crippen LogP contribution in [-0.2, 0) is 11.2 Å². The first kappa shape index (κ1) is 18.8. The van der Waals surface area contributed by atoms with Crippen LogP contribution in [0.5, 0.6) is 5.75 Å². The van der Waals surface area contributed by atoms with Gasteiger partial charge in [-0.1, -0.05) is 46.9 Å². The molecule has 0 unspecified atom stereocenters. The molecule has 0 aromatic heterocycles. The standard InChI is InChI=1S/C16H13Cl3N2O2S/c1-23-10-4-2-9(3-5-10)6-15(22)21-16(24)20-14-8-12(18)11(17)7-13(14)19/h2-5,7-8H,6H2,1H3,(H2,20,21,22,24). The van der Waals surface area contributed by atoms with Crippen LogP contribution in [0.1, 0.15) is 5.56 Å². The molecule has 2 rings (SSSR count). The second-order valence-corrected chi connectivity index (χ2v) is 6.40. The lowest BCUT2D eigenvalue weighted by molar-refractivity contribution is -0.119. The molecule has 0 heterocycles. The summed E-state index contributed by atoms with van der Waals surface area (Å²) in [5.74, 6) is 0.472. The van der Waals surface area contributed by atoms with Crippen molar-refractivity contribution in [1.29, 1.82) is 0 Å². The number of amides is 1. The van der Waals surface area contributed by atoms with Crippen LogP contribution in [0, 0.1) is 0 Å². The monoisotopic (exact) mass is 402 g/mol. The van der Waals surface area contributed by atoms with Crippen LogP contribution in [0.2, 0.25) is 15.1 Å². The van der Waals surface area contributed by atoms with Crippen molar-refractivity contribution < 1.29 is 9.53 Å². The molecule has 0 radical (unpaired) electrons. The molecule has 0 saturated heterocycles. The van der Waals surface area contributed by atoms with Crippen LogP contribution in [0.4, 0.5) is 5.69 Å². The predicted octanol–water partition coefficient (Wildman–Crippen LogP) is 4.71. The Morgan fingerprint density at radius 1 is 1.08 bits per heavy atom. The topological polar surface area (TPSA) is 50.4 Å². The van der Waals surface area contributed by atoms with Crippen LogP contribution in [0.15, 0.2) is 36.4 Å². The highest BCUT2D eigenvalue weighted by molar-refractivity contribution is 7.80. The molecular formula is C16H13Cl3N2O2S. The van der Waals surface area contributed by atoms with E-state index in [2.05, 4.69) is 10.6 Å². The molecule has 0 saturated carbocycles. The first-order valence-corrected chi connectivity index (χ1v) is 8.31. The highest BCUT2D eigenvalue weighted by Crippen LogP contribution is 2.32. The summed E-state index contributed by atoms with van der Waals surface area (Å²) >= 11 is 23.0. The molecule has 126 valence electrons. The Morgan fingerprint density at radius 2 is 1.71 bits per heavy atom. The van der Waals surface area contributed by atoms with Crippen molar-refractivity contribution in [3.63, 3.8) is 0 Å².